The maximum absolute atomic E-state index is 11.8. The molecule has 1 aromatic rings. The number of carbonyl (C=O) groups excluding carboxylic acids is 1. The van der Waals surface area contributed by atoms with E-state index < -0.39 is 4.92 Å². The second-order valence-corrected chi connectivity index (χ2v) is 3.93. The number of nitriles is 1. The fraction of sp³-hybridized carbons (Fsp3) is 0.333. The molecule has 0 aliphatic rings. The average molecular weight is 262 g/mol. The van der Waals surface area contributed by atoms with Crippen LogP contribution in [0.5, 0.6) is 0 Å². The zero-order chi connectivity index (χ0) is 14.4. The van der Waals surface area contributed by atoms with Crippen LogP contribution in [0.3, 0.4) is 0 Å². The van der Waals surface area contributed by atoms with E-state index in [0.717, 1.165) is 6.07 Å². The highest BCUT2D eigenvalue weighted by Crippen LogP contribution is 2.22. The SMILES string of the molecule is CCC(CN)C(=O)Nc1ccc([N+](=O)[O-])cc1C#N. The number of non-ortho nitro benzene ring substituents is 1. The summed E-state index contributed by atoms with van der Waals surface area (Å²) in [5, 5.41) is 22.1. The van der Waals surface area contributed by atoms with Crippen LogP contribution < -0.4 is 11.1 Å². The molecule has 0 bridgehead atoms. The van der Waals surface area contributed by atoms with Gasteiger partial charge in [-0.25, -0.2) is 0 Å². The van der Waals surface area contributed by atoms with E-state index in [-0.39, 0.29) is 35.3 Å². The summed E-state index contributed by atoms with van der Waals surface area (Å²) in [5.74, 6) is -0.642. The molecule has 0 aromatic heterocycles. The van der Waals surface area contributed by atoms with E-state index in [1.165, 1.54) is 12.1 Å². The minimum Gasteiger partial charge on any atom is -0.330 e. The van der Waals surface area contributed by atoms with Crippen molar-refractivity contribution < 1.29 is 9.72 Å². The van der Waals surface area contributed by atoms with Gasteiger partial charge in [0.05, 0.1) is 22.1 Å². The van der Waals surface area contributed by atoms with Gasteiger partial charge in [-0.2, -0.15) is 5.26 Å². The van der Waals surface area contributed by atoms with Crippen molar-refractivity contribution in [2.24, 2.45) is 11.7 Å². The molecule has 0 aliphatic heterocycles. The van der Waals surface area contributed by atoms with Crippen LogP contribution in [0.25, 0.3) is 0 Å². The van der Waals surface area contributed by atoms with Gasteiger partial charge in [0.2, 0.25) is 5.91 Å². The van der Waals surface area contributed by atoms with Gasteiger partial charge in [-0.1, -0.05) is 6.92 Å². The Hall–Kier alpha value is -2.46. The van der Waals surface area contributed by atoms with Gasteiger partial charge < -0.3 is 11.1 Å². The highest BCUT2D eigenvalue weighted by Gasteiger charge is 2.17. The Bertz CT molecular complexity index is 532. The largest absolute Gasteiger partial charge is 0.330 e. The molecule has 1 atom stereocenters. The first kappa shape index (κ1) is 14.6. The van der Waals surface area contributed by atoms with Crippen LogP contribution >= 0.6 is 0 Å². The van der Waals surface area contributed by atoms with E-state index in [9.17, 15) is 14.9 Å². The summed E-state index contributed by atoms with van der Waals surface area (Å²) in [5.41, 5.74) is 5.57. The summed E-state index contributed by atoms with van der Waals surface area (Å²) < 4.78 is 0. The maximum Gasteiger partial charge on any atom is 0.270 e. The molecule has 0 saturated carbocycles. The molecule has 3 N–H and O–H groups in total. The van der Waals surface area contributed by atoms with Crippen molar-refractivity contribution in [1.82, 2.24) is 0 Å². The van der Waals surface area contributed by atoms with Crippen LogP contribution in [0.1, 0.15) is 18.9 Å². The van der Waals surface area contributed by atoms with Crippen LogP contribution in [0.4, 0.5) is 11.4 Å². The van der Waals surface area contributed by atoms with E-state index in [1.807, 2.05) is 13.0 Å². The Labute approximate surface area is 110 Å². The Morgan fingerprint density at radius 2 is 2.32 bits per heavy atom. The molecule has 0 radical (unpaired) electrons. The van der Waals surface area contributed by atoms with Crippen LogP contribution in [0.2, 0.25) is 0 Å². The van der Waals surface area contributed by atoms with E-state index in [0.29, 0.717) is 6.42 Å². The summed E-state index contributed by atoms with van der Waals surface area (Å²) >= 11 is 0. The van der Waals surface area contributed by atoms with Crippen LogP contribution in [-0.2, 0) is 4.79 Å². The highest BCUT2D eigenvalue weighted by atomic mass is 16.6. The minimum absolute atomic E-state index is 0.0504. The number of benzene rings is 1. The number of amides is 1. The first-order chi connectivity index (χ1) is 9.03. The number of nitro groups is 1. The Morgan fingerprint density at radius 3 is 2.79 bits per heavy atom. The highest BCUT2D eigenvalue weighted by molar-refractivity contribution is 5.94. The third-order valence-corrected chi connectivity index (χ3v) is 2.74. The van der Waals surface area contributed by atoms with Gasteiger partial charge in [0.1, 0.15) is 6.07 Å². The molecule has 7 nitrogen and oxygen atoms in total. The Morgan fingerprint density at radius 1 is 1.63 bits per heavy atom. The van der Waals surface area contributed by atoms with Crippen molar-refractivity contribution in [3.05, 3.63) is 33.9 Å². The van der Waals surface area contributed by atoms with Crippen molar-refractivity contribution in [3.63, 3.8) is 0 Å². The van der Waals surface area contributed by atoms with Gasteiger partial charge in [0.25, 0.3) is 5.69 Å². The number of anilines is 1. The van der Waals surface area contributed by atoms with Gasteiger partial charge in [0, 0.05) is 18.7 Å². The van der Waals surface area contributed by atoms with Crippen molar-refractivity contribution in [3.8, 4) is 6.07 Å². The molecule has 0 aliphatic carbocycles. The zero-order valence-electron chi connectivity index (χ0n) is 10.4. The summed E-state index contributed by atoms with van der Waals surface area (Å²) in [6.07, 6.45) is 0.581. The lowest BCUT2D eigenvalue weighted by molar-refractivity contribution is -0.384. The second kappa shape index (κ2) is 6.47. The first-order valence-corrected chi connectivity index (χ1v) is 5.73. The van der Waals surface area contributed by atoms with Crippen molar-refractivity contribution in [2.75, 3.05) is 11.9 Å². The van der Waals surface area contributed by atoms with E-state index in [1.54, 1.807) is 0 Å². The molecular formula is C12H14N4O3. The second-order valence-electron chi connectivity index (χ2n) is 3.93. The number of hydrogen-bond donors (Lipinski definition) is 2. The Kier molecular flexibility index (Phi) is 4.97. The molecule has 1 unspecified atom stereocenters. The standard InChI is InChI=1S/C12H14N4O3/c1-2-8(6-13)12(17)15-11-4-3-10(16(18)19)5-9(11)7-14/h3-5,8H,2,6,13H2,1H3,(H,15,17). The van der Waals surface area contributed by atoms with Crippen LogP contribution in [0.15, 0.2) is 18.2 Å². The third-order valence-electron chi connectivity index (χ3n) is 2.74. The molecule has 7 heteroatoms. The number of nitro benzene ring substituents is 1. The van der Waals surface area contributed by atoms with Gasteiger partial charge in [-0.3, -0.25) is 14.9 Å². The summed E-state index contributed by atoms with van der Waals surface area (Å²) in [6.45, 7) is 2.04. The van der Waals surface area contributed by atoms with E-state index in [2.05, 4.69) is 5.32 Å². The normalized spacial score (nSPS) is 11.4. The van der Waals surface area contributed by atoms with Crippen molar-refractivity contribution >= 4 is 17.3 Å². The predicted octanol–water partition coefficient (Wildman–Crippen LogP) is 1.39. The molecule has 0 spiro atoms. The van der Waals surface area contributed by atoms with Gasteiger partial charge in [-0.15, -0.1) is 0 Å². The molecule has 1 aromatic carbocycles. The molecule has 0 saturated heterocycles. The number of nitrogens with two attached hydrogens (primary N) is 1. The summed E-state index contributed by atoms with van der Waals surface area (Å²) in [4.78, 5) is 21.8. The van der Waals surface area contributed by atoms with Gasteiger partial charge in [0.15, 0.2) is 0 Å². The van der Waals surface area contributed by atoms with Crippen LogP contribution in [0, 0.1) is 27.4 Å². The van der Waals surface area contributed by atoms with Gasteiger partial charge in [-0.05, 0) is 12.5 Å². The fourth-order valence-corrected chi connectivity index (χ4v) is 1.54. The van der Waals surface area contributed by atoms with Gasteiger partial charge >= 0.3 is 0 Å². The number of nitrogens with one attached hydrogen (secondary N) is 1. The van der Waals surface area contributed by atoms with E-state index >= 15 is 0 Å². The quantitative estimate of drug-likeness (QED) is 0.613. The molecule has 100 valence electrons. The monoisotopic (exact) mass is 262 g/mol. The van der Waals surface area contributed by atoms with Crippen LogP contribution in [-0.4, -0.2) is 17.4 Å². The Balaban J connectivity index is 2.99. The third kappa shape index (κ3) is 3.50. The van der Waals surface area contributed by atoms with E-state index in [4.69, 9.17) is 11.0 Å². The number of carbonyl (C=O) groups is 1. The van der Waals surface area contributed by atoms with Crippen molar-refractivity contribution in [2.45, 2.75) is 13.3 Å². The molecule has 19 heavy (non-hydrogen) atoms. The molecule has 0 fully saturated rings. The molecular weight excluding hydrogens is 248 g/mol. The summed E-state index contributed by atoms with van der Waals surface area (Å²) in [7, 11) is 0. The average Bonchev–Trinajstić information content (AvgIpc) is 2.40. The lowest BCUT2D eigenvalue weighted by atomic mass is 10.1. The lowest BCUT2D eigenvalue weighted by Crippen LogP contribution is -2.28. The smallest absolute Gasteiger partial charge is 0.270 e. The maximum atomic E-state index is 11.8. The number of nitrogens with zero attached hydrogens (tertiary/aromatic N) is 2. The topological polar surface area (TPSA) is 122 Å². The molecule has 0 heterocycles. The molecule has 1 amide bonds. The fourth-order valence-electron chi connectivity index (χ4n) is 1.54. The first-order valence-electron chi connectivity index (χ1n) is 5.73. The molecule has 1 rings (SSSR count). The lowest BCUT2D eigenvalue weighted by Gasteiger charge is -2.13. The number of hydrogen-bond acceptors (Lipinski definition) is 5. The minimum atomic E-state index is -0.596. The number of rotatable bonds is 5. The summed E-state index contributed by atoms with van der Waals surface area (Å²) in [6, 6.07) is 5.53. The van der Waals surface area contributed by atoms with Crippen molar-refractivity contribution in [1.29, 1.82) is 5.26 Å². The predicted molar refractivity (Wildman–Crippen MR) is 69.3 cm³/mol. The zero-order valence-corrected chi connectivity index (χ0v) is 10.4.